The van der Waals surface area contributed by atoms with Crippen LogP contribution >= 0.6 is 0 Å². The first-order valence-electron chi connectivity index (χ1n) is 22.3. The smallest absolute Gasteiger partial charge is 0.437 e. The Hall–Kier alpha value is -4.99. The molecule has 9 aliphatic rings. The molecule has 4 aliphatic heterocycles. The van der Waals surface area contributed by atoms with E-state index >= 15 is 0 Å². The van der Waals surface area contributed by atoms with Gasteiger partial charge in [0, 0.05) is 43.1 Å². The standard InChI is InChI=1S/C47H55N5O10/c1-42(2,3)61-40(55)49-39(50-41(56)62-43(4,5)6)52-16-14-45-32-24-10-12-28(54)36(32)60-38(45)34-26(20-47(45,58)30(52)18-24)25-19-46(57)29-17-23-9-11-27(53)35-31(23)44(46,37(59-35)33(25)48-34)13-15-51(29)21-22-7-8-22/h9-12,22,29-30,37-38,48,53-54,57-58H,7-8,13-21H2,1-6H3,(H,49,50,55,56)/t29-,30+,37+,38+,44+,45+,46-,47-/m1/s1. The van der Waals surface area contributed by atoms with Crippen molar-refractivity contribution >= 4 is 18.1 Å². The number of nitrogens with one attached hydrogen (secondary N) is 2. The van der Waals surface area contributed by atoms with Gasteiger partial charge in [-0.3, -0.25) is 10.2 Å². The molecule has 2 aromatic carbocycles. The van der Waals surface area contributed by atoms with Gasteiger partial charge in [-0.15, -0.1) is 4.99 Å². The van der Waals surface area contributed by atoms with E-state index in [1.54, 1.807) is 58.6 Å². The highest BCUT2D eigenvalue weighted by molar-refractivity contribution is 5.99. The number of ether oxygens (including phenoxy) is 4. The Morgan fingerprint density at radius 2 is 1.34 bits per heavy atom. The summed E-state index contributed by atoms with van der Waals surface area (Å²) in [5, 5.41) is 53.1. The molecule has 12 rings (SSSR count). The Morgan fingerprint density at radius 3 is 1.89 bits per heavy atom. The number of aromatic nitrogens is 1. The molecule has 2 spiro atoms. The fourth-order valence-electron chi connectivity index (χ4n) is 13.6. The molecule has 8 atom stereocenters. The van der Waals surface area contributed by atoms with Gasteiger partial charge in [-0.25, -0.2) is 9.59 Å². The first-order valence-corrected chi connectivity index (χ1v) is 22.3. The molecule has 0 radical (unpaired) electrons. The minimum absolute atomic E-state index is 0.0197. The number of hydrogen-bond donors (Lipinski definition) is 6. The van der Waals surface area contributed by atoms with Crippen molar-refractivity contribution in [3.05, 3.63) is 69.0 Å². The molecule has 6 N–H and O–H groups in total. The molecular weight excluding hydrogens is 795 g/mol. The van der Waals surface area contributed by atoms with Crippen LogP contribution in [0.5, 0.6) is 23.0 Å². The van der Waals surface area contributed by atoms with E-state index in [9.17, 15) is 30.0 Å². The van der Waals surface area contributed by atoms with Crippen LogP contribution < -0.4 is 14.8 Å². The van der Waals surface area contributed by atoms with Crippen LogP contribution in [0.1, 0.15) is 124 Å². The Kier molecular flexibility index (Phi) is 7.46. The number of guanidine groups is 1. The summed E-state index contributed by atoms with van der Waals surface area (Å²) in [6.07, 6.45) is 1.54. The van der Waals surface area contributed by atoms with Gasteiger partial charge in [0.15, 0.2) is 35.2 Å². The summed E-state index contributed by atoms with van der Waals surface area (Å²) in [6.45, 7) is 12.4. The summed E-state index contributed by atoms with van der Waals surface area (Å²) < 4.78 is 25.2. The van der Waals surface area contributed by atoms with Gasteiger partial charge >= 0.3 is 12.2 Å². The van der Waals surface area contributed by atoms with Crippen LogP contribution in [0.15, 0.2) is 29.3 Å². The lowest BCUT2D eigenvalue weighted by Crippen LogP contribution is -2.76. The third-order valence-electron chi connectivity index (χ3n) is 15.9. The molecule has 62 heavy (non-hydrogen) atoms. The quantitative estimate of drug-likeness (QED) is 0.145. The van der Waals surface area contributed by atoms with E-state index in [1.807, 2.05) is 12.1 Å². The zero-order valence-corrected chi connectivity index (χ0v) is 36.1. The molecule has 1 aromatic heterocycles. The van der Waals surface area contributed by atoms with Crippen LogP contribution in [0.3, 0.4) is 0 Å². The SMILES string of the molecule is CC(C)(C)OC(=O)/N=C(/NC(=O)OC(C)(C)C)N1CC[C@]23c4c5ccc(O)c4O[C@H]2c2[nH]c4c(c2C[C@@]3(O)[C@@H]1C5)C[C@@]1(O)[C@H]2Cc3ccc(O)c5c3[C@@]1(CCN2CC1CC1)[C@H]4O5. The van der Waals surface area contributed by atoms with Gasteiger partial charge in [-0.1, -0.05) is 12.1 Å². The fraction of sp³-hybridized carbons (Fsp3) is 0.596. The van der Waals surface area contributed by atoms with Crippen LogP contribution in [-0.4, -0.2) is 107 Å². The number of alkyl carbamates (subject to hydrolysis) is 1. The lowest BCUT2D eigenvalue weighted by atomic mass is 9.47. The monoisotopic (exact) mass is 849 g/mol. The molecule has 0 unspecified atom stereocenters. The lowest BCUT2D eigenvalue weighted by Gasteiger charge is -2.63. The molecule has 1 saturated carbocycles. The number of aromatic hydroxyl groups is 2. The van der Waals surface area contributed by atoms with E-state index in [-0.39, 0.29) is 42.9 Å². The predicted octanol–water partition coefficient (Wildman–Crippen LogP) is 5.23. The summed E-state index contributed by atoms with van der Waals surface area (Å²) in [6, 6.07) is 6.24. The molecule has 15 heteroatoms. The minimum atomic E-state index is -1.61. The number of aromatic amines is 1. The Morgan fingerprint density at radius 1 is 0.806 bits per heavy atom. The van der Waals surface area contributed by atoms with Gasteiger partial charge in [0.2, 0.25) is 5.96 Å². The van der Waals surface area contributed by atoms with Crippen molar-refractivity contribution in [1.82, 2.24) is 20.1 Å². The number of hydrogen-bond acceptors (Lipinski definition) is 11. The first-order chi connectivity index (χ1) is 29.3. The van der Waals surface area contributed by atoms with Crippen molar-refractivity contribution in [3.8, 4) is 23.0 Å². The van der Waals surface area contributed by atoms with Gasteiger partial charge in [0.05, 0.1) is 33.9 Å². The number of amides is 2. The summed E-state index contributed by atoms with van der Waals surface area (Å²) in [5.41, 5.74) is 0.441. The molecule has 4 bridgehead atoms. The zero-order valence-electron chi connectivity index (χ0n) is 36.1. The number of H-pyrrole nitrogens is 1. The Labute approximate surface area is 359 Å². The van der Waals surface area contributed by atoms with E-state index in [1.165, 1.54) is 12.8 Å². The largest absolute Gasteiger partial charge is 0.504 e. The second-order valence-corrected chi connectivity index (χ2v) is 21.6. The van der Waals surface area contributed by atoms with Crippen molar-refractivity contribution in [2.45, 2.75) is 150 Å². The van der Waals surface area contributed by atoms with Crippen LogP contribution in [-0.2, 0) is 46.0 Å². The maximum absolute atomic E-state index is 13.9. The number of benzene rings is 2. The summed E-state index contributed by atoms with van der Waals surface area (Å²) in [7, 11) is 0. The molecule has 3 aromatic rings. The number of carbonyl (C=O) groups excluding carboxylic acids is 2. The summed E-state index contributed by atoms with van der Waals surface area (Å²) in [4.78, 5) is 39.4. The number of phenolic OH excluding ortho intramolecular Hbond substituents is 2. The van der Waals surface area contributed by atoms with Crippen LogP contribution in [0.25, 0.3) is 0 Å². The first kappa shape index (κ1) is 38.7. The maximum Gasteiger partial charge on any atom is 0.437 e. The number of nitrogens with zero attached hydrogens (tertiary/aromatic N) is 3. The number of rotatable bonds is 2. The number of phenols is 2. The van der Waals surface area contributed by atoms with Crippen molar-refractivity contribution < 1.29 is 49.0 Å². The third-order valence-corrected chi connectivity index (χ3v) is 15.9. The van der Waals surface area contributed by atoms with Crippen molar-refractivity contribution in [1.29, 1.82) is 0 Å². The molecule has 5 aliphatic carbocycles. The molecule has 2 amide bonds. The second-order valence-electron chi connectivity index (χ2n) is 21.6. The van der Waals surface area contributed by atoms with E-state index in [0.29, 0.717) is 43.1 Å². The summed E-state index contributed by atoms with van der Waals surface area (Å²) in [5.74, 6) is 1.33. The number of likely N-dealkylation sites (tertiary alicyclic amines) is 2. The number of aliphatic hydroxyl groups is 2. The normalized spacial score (nSPS) is 34.3. The van der Waals surface area contributed by atoms with Crippen LogP contribution in [0.2, 0.25) is 0 Å². The highest BCUT2D eigenvalue weighted by Gasteiger charge is 2.76. The highest BCUT2D eigenvalue weighted by atomic mass is 16.6. The van der Waals surface area contributed by atoms with Crippen molar-refractivity contribution in [3.63, 3.8) is 0 Å². The van der Waals surface area contributed by atoms with Crippen molar-refractivity contribution in [2.24, 2.45) is 10.9 Å². The average Bonchev–Trinajstić information content (AvgIpc) is 3.66. The van der Waals surface area contributed by atoms with Crippen LogP contribution in [0, 0.1) is 5.92 Å². The maximum atomic E-state index is 13.9. The summed E-state index contributed by atoms with van der Waals surface area (Å²) >= 11 is 0. The average molecular weight is 850 g/mol. The molecule has 3 fully saturated rings. The molecular formula is C47H55N5O10. The molecule has 328 valence electrons. The number of carbonyl (C=O) groups is 2. The highest BCUT2D eigenvalue weighted by Crippen LogP contribution is 2.72. The van der Waals surface area contributed by atoms with E-state index in [2.05, 4.69) is 20.2 Å². The fourth-order valence-corrected chi connectivity index (χ4v) is 13.6. The van der Waals surface area contributed by atoms with E-state index in [0.717, 1.165) is 57.9 Å². The number of fused-ring (bicyclic) bond motifs is 5. The zero-order chi connectivity index (χ0) is 43.3. The van der Waals surface area contributed by atoms with Gasteiger partial charge < -0.3 is 49.3 Å². The lowest BCUT2D eigenvalue weighted by molar-refractivity contribution is -0.174. The van der Waals surface area contributed by atoms with Crippen LogP contribution in [0.4, 0.5) is 9.59 Å². The van der Waals surface area contributed by atoms with Gasteiger partial charge in [0.1, 0.15) is 16.8 Å². The molecule has 5 heterocycles. The second kappa shape index (κ2) is 12.0. The number of aliphatic imine (C=N–C) groups is 1. The van der Waals surface area contributed by atoms with Gasteiger partial charge in [-0.05, 0) is 127 Å². The predicted molar refractivity (Wildman–Crippen MR) is 223 cm³/mol. The van der Waals surface area contributed by atoms with E-state index < -0.39 is 63.7 Å². The molecule has 15 nitrogen and oxygen atoms in total. The Bertz CT molecular complexity index is 2550. The topological polar surface area (TPSA) is 199 Å². The van der Waals surface area contributed by atoms with E-state index in [4.69, 9.17) is 18.9 Å². The van der Waals surface area contributed by atoms with Gasteiger partial charge in [-0.2, -0.15) is 0 Å². The molecule has 2 saturated heterocycles. The Balaban J connectivity index is 1.02. The minimum Gasteiger partial charge on any atom is -0.504 e. The van der Waals surface area contributed by atoms with Gasteiger partial charge in [0.25, 0.3) is 0 Å². The third kappa shape index (κ3) is 4.84. The van der Waals surface area contributed by atoms with Crippen molar-refractivity contribution in [2.75, 3.05) is 19.6 Å². The number of piperidine rings is 2.